The minimum absolute atomic E-state index is 0.243. The number of nitrogens with zero attached hydrogens (tertiary/aromatic N) is 2. The summed E-state index contributed by atoms with van der Waals surface area (Å²) in [7, 11) is 0. The molecule has 7 unspecified atom stereocenters. The highest BCUT2D eigenvalue weighted by Crippen LogP contribution is 2.84. The number of nitrogens with two attached hydrogens (primary N) is 3. The molecule has 58 heavy (non-hydrogen) atoms. The second-order valence-electron chi connectivity index (χ2n) is 17.7. The number of pyridine rings is 1. The van der Waals surface area contributed by atoms with Gasteiger partial charge in [0, 0.05) is 45.4 Å². The van der Waals surface area contributed by atoms with Gasteiger partial charge in [-0.05, 0) is 155 Å². The van der Waals surface area contributed by atoms with E-state index in [1.54, 1.807) is 0 Å². The van der Waals surface area contributed by atoms with Gasteiger partial charge in [-0.15, -0.1) is 0 Å². The van der Waals surface area contributed by atoms with E-state index < -0.39 is 0 Å². The lowest BCUT2D eigenvalue weighted by Gasteiger charge is -2.72. The fourth-order valence-electron chi connectivity index (χ4n) is 12.5. The summed E-state index contributed by atoms with van der Waals surface area (Å²) in [4.78, 5) is 7.73. The Morgan fingerprint density at radius 1 is 0.552 bits per heavy atom. The Morgan fingerprint density at radius 2 is 1.17 bits per heavy atom. The average Bonchev–Trinajstić information content (AvgIpc) is 3.91. The van der Waals surface area contributed by atoms with Gasteiger partial charge < -0.3 is 27.4 Å². The first-order valence-electron chi connectivity index (χ1n) is 20.9. The van der Waals surface area contributed by atoms with Crippen LogP contribution in [0.1, 0.15) is 25.7 Å². The summed E-state index contributed by atoms with van der Waals surface area (Å²) in [5, 5.41) is 4.01. The Kier molecular flexibility index (Phi) is 7.23. The molecule has 5 aliphatic rings. The SMILES string of the molecule is Nc1cc(-c2cc(N)cc(-c3ccc(N4c5ccccc5NC4C4C5CC6CC7CC4C75C6)cc3N)c2)cc(-c2cc(-c3ccccc3)cc(-c3ccccc3)n2)c1. The molecule has 7 aromatic rings. The molecule has 12 rings (SSSR count). The second-order valence-corrected chi connectivity index (χ2v) is 17.7. The van der Waals surface area contributed by atoms with Crippen LogP contribution in [-0.2, 0) is 0 Å². The maximum atomic E-state index is 7.05. The molecule has 7 N–H and O–H groups in total. The first-order valence-corrected chi connectivity index (χ1v) is 20.9. The lowest BCUT2D eigenvalue weighted by molar-refractivity contribution is -0.232. The van der Waals surface area contributed by atoms with E-state index in [9.17, 15) is 0 Å². The molecule has 0 amide bonds. The Morgan fingerprint density at radius 3 is 1.91 bits per heavy atom. The third kappa shape index (κ3) is 5.00. The molecule has 6 nitrogen and oxygen atoms in total. The van der Waals surface area contributed by atoms with Crippen molar-refractivity contribution in [2.75, 3.05) is 27.4 Å². The summed E-state index contributed by atoms with van der Waals surface area (Å²) < 4.78 is 0. The van der Waals surface area contributed by atoms with Crippen LogP contribution in [-0.4, -0.2) is 11.1 Å². The highest BCUT2D eigenvalue weighted by Gasteiger charge is 2.79. The smallest absolute Gasteiger partial charge is 0.107 e. The number of aromatic nitrogens is 1. The second kappa shape index (κ2) is 12.5. The predicted octanol–water partition coefficient (Wildman–Crippen LogP) is 11.7. The molecule has 4 aliphatic carbocycles. The van der Waals surface area contributed by atoms with Crippen LogP contribution in [0.5, 0.6) is 0 Å². The normalized spacial score (nSPS) is 25.7. The quantitative estimate of drug-likeness (QED) is 0.121. The lowest BCUT2D eigenvalue weighted by Crippen LogP contribution is -2.70. The fraction of sp³-hybridized carbons (Fsp3) is 0.212. The third-order valence-electron chi connectivity index (χ3n) is 14.7. The van der Waals surface area contributed by atoms with E-state index in [1.807, 2.05) is 48.5 Å². The van der Waals surface area contributed by atoms with Crippen molar-refractivity contribution in [3.8, 4) is 55.9 Å². The standard InChI is InChI=1S/C52H46N6/c53-39-21-33(34-20-37(24-40(54)22-34)48-26-35(31-9-3-1-4-10-31)25-47(56-48)32-11-5-2-6-12-32)19-36(23-39)42-16-15-41(28-45(42)55)58-49-14-8-7-13-46(49)57-51(58)50-43-18-30-17-38-27-44(50)52(38,43)29-30/h1-16,19-26,28,30,38,43-44,50-51,57H,17-18,27,29,53-55H2. The summed E-state index contributed by atoms with van der Waals surface area (Å²) in [6, 6.07) is 52.8. The molecule has 1 spiro atoms. The zero-order valence-electron chi connectivity index (χ0n) is 32.4. The largest absolute Gasteiger partial charge is 0.399 e. The average molecular weight is 755 g/mol. The van der Waals surface area contributed by atoms with Gasteiger partial charge in [0.05, 0.1) is 22.8 Å². The van der Waals surface area contributed by atoms with Gasteiger partial charge in [0.15, 0.2) is 0 Å². The molecule has 4 fully saturated rings. The summed E-state index contributed by atoms with van der Waals surface area (Å²) in [6.45, 7) is 0. The third-order valence-corrected chi connectivity index (χ3v) is 14.7. The maximum Gasteiger partial charge on any atom is 0.107 e. The highest BCUT2D eigenvalue weighted by molar-refractivity contribution is 5.89. The molecule has 0 saturated heterocycles. The number of fused-ring (bicyclic) bond motifs is 2. The van der Waals surface area contributed by atoms with Gasteiger partial charge in [-0.2, -0.15) is 0 Å². The van der Waals surface area contributed by atoms with Crippen molar-refractivity contribution in [2.24, 2.45) is 35.0 Å². The fourth-order valence-corrected chi connectivity index (χ4v) is 12.5. The minimum Gasteiger partial charge on any atom is -0.399 e. The van der Waals surface area contributed by atoms with Crippen molar-refractivity contribution >= 4 is 34.1 Å². The Bertz CT molecular complexity index is 2710. The minimum atomic E-state index is 0.243. The number of hydrogen-bond donors (Lipinski definition) is 4. The zero-order valence-corrected chi connectivity index (χ0v) is 32.4. The topological polar surface area (TPSA) is 106 Å². The van der Waals surface area contributed by atoms with Gasteiger partial charge >= 0.3 is 0 Å². The van der Waals surface area contributed by atoms with Crippen molar-refractivity contribution in [1.29, 1.82) is 0 Å². The van der Waals surface area contributed by atoms with E-state index in [0.717, 1.165) is 90.9 Å². The first kappa shape index (κ1) is 33.6. The number of anilines is 6. The van der Waals surface area contributed by atoms with Gasteiger partial charge in [0.2, 0.25) is 0 Å². The van der Waals surface area contributed by atoms with Crippen LogP contribution in [0, 0.1) is 35.0 Å². The molecular formula is C52H46N6. The van der Waals surface area contributed by atoms with Crippen molar-refractivity contribution in [1.82, 2.24) is 4.98 Å². The number of nitrogens with one attached hydrogen (secondary N) is 1. The van der Waals surface area contributed by atoms with E-state index in [-0.39, 0.29) is 6.17 Å². The predicted molar refractivity (Wildman–Crippen MR) is 239 cm³/mol. The van der Waals surface area contributed by atoms with Crippen LogP contribution < -0.4 is 27.4 Å². The molecule has 7 atom stereocenters. The molecule has 4 saturated carbocycles. The summed E-state index contributed by atoms with van der Waals surface area (Å²) in [5.74, 6) is 4.29. The van der Waals surface area contributed by atoms with Crippen LogP contribution in [0.15, 0.2) is 152 Å². The number of nitrogen functional groups attached to an aromatic ring is 3. The molecule has 6 heteroatoms. The van der Waals surface area contributed by atoms with Gasteiger partial charge in [-0.25, -0.2) is 4.98 Å². The first-order chi connectivity index (χ1) is 28.4. The number of hydrogen-bond acceptors (Lipinski definition) is 6. The highest BCUT2D eigenvalue weighted by atomic mass is 15.3. The molecular weight excluding hydrogens is 709 g/mol. The number of benzene rings is 6. The maximum absolute atomic E-state index is 7.05. The van der Waals surface area contributed by atoms with E-state index in [2.05, 4.69) is 113 Å². The van der Waals surface area contributed by atoms with E-state index in [1.165, 1.54) is 37.1 Å². The Hall–Kier alpha value is -6.53. The molecule has 0 radical (unpaired) electrons. The van der Waals surface area contributed by atoms with Crippen molar-refractivity contribution in [3.63, 3.8) is 0 Å². The molecule has 1 aromatic heterocycles. The van der Waals surface area contributed by atoms with Gasteiger partial charge in [-0.1, -0.05) is 78.9 Å². The molecule has 284 valence electrons. The lowest BCUT2D eigenvalue weighted by atomic mass is 9.33. The number of rotatable bonds is 7. The van der Waals surface area contributed by atoms with E-state index >= 15 is 0 Å². The van der Waals surface area contributed by atoms with E-state index in [4.69, 9.17) is 22.2 Å². The Balaban J connectivity index is 0.893. The molecule has 6 aromatic carbocycles. The summed E-state index contributed by atoms with van der Waals surface area (Å²) in [5.41, 5.74) is 36.5. The number of para-hydroxylation sites is 2. The van der Waals surface area contributed by atoms with Crippen LogP contribution in [0.25, 0.3) is 55.9 Å². The molecule has 2 bridgehead atoms. The van der Waals surface area contributed by atoms with Crippen LogP contribution in [0.4, 0.5) is 34.1 Å². The van der Waals surface area contributed by atoms with Crippen LogP contribution in [0.3, 0.4) is 0 Å². The van der Waals surface area contributed by atoms with Crippen molar-refractivity contribution < 1.29 is 0 Å². The van der Waals surface area contributed by atoms with Crippen molar-refractivity contribution in [2.45, 2.75) is 31.8 Å². The molecule has 2 heterocycles. The summed E-state index contributed by atoms with van der Waals surface area (Å²) >= 11 is 0. The van der Waals surface area contributed by atoms with Crippen LogP contribution in [0.2, 0.25) is 0 Å². The van der Waals surface area contributed by atoms with Gasteiger partial charge in [0.25, 0.3) is 0 Å². The van der Waals surface area contributed by atoms with Gasteiger partial charge in [0.1, 0.15) is 6.17 Å². The summed E-state index contributed by atoms with van der Waals surface area (Å²) in [6.07, 6.45) is 6.04. The Labute approximate surface area is 339 Å². The van der Waals surface area contributed by atoms with E-state index in [0.29, 0.717) is 22.7 Å². The zero-order chi connectivity index (χ0) is 38.7. The molecule has 1 aliphatic heterocycles. The monoisotopic (exact) mass is 754 g/mol. The van der Waals surface area contributed by atoms with Crippen molar-refractivity contribution in [3.05, 3.63) is 152 Å². The van der Waals surface area contributed by atoms with Gasteiger partial charge in [-0.3, -0.25) is 0 Å². The van der Waals surface area contributed by atoms with Crippen LogP contribution >= 0.6 is 0 Å².